The molecule has 0 fully saturated rings. The first-order chi connectivity index (χ1) is 15.5. The third-order valence-electron chi connectivity index (χ3n) is 5.03. The van der Waals surface area contributed by atoms with E-state index in [0.717, 1.165) is 17.8 Å². The highest BCUT2D eigenvalue weighted by Crippen LogP contribution is 2.22. The Bertz CT molecular complexity index is 1020. The van der Waals surface area contributed by atoms with Crippen LogP contribution < -0.4 is 15.8 Å². The van der Waals surface area contributed by atoms with Gasteiger partial charge in [0.2, 0.25) is 5.91 Å². The Morgan fingerprint density at radius 2 is 1.66 bits per heavy atom. The number of benzene rings is 2. The molecule has 2 amide bonds. The predicted molar refractivity (Wildman–Crippen MR) is 124 cm³/mol. The Kier molecular flexibility index (Phi) is 8.41. The van der Waals surface area contributed by atoms with E-state index in [2.05, 4.69) is 58.8 Å². The molecule has 0 saturated carbocycles. The minimum absolute atomic E-state index is 0.105. The molecule has 3 N–H and O–H groups in total. The van der Waals surface area contributed by atoms with Gasteiger partial charge in [-0.05, 0) is 17.7 Å². The molecule has 0 spiro atoms. The molecular formula is C23H29N6O2S+. The molecule has 0 aliphatic rings. The number of aromatic nitrogens is 3. The molecule has 3 rings (SSSR count). The molecule has 0 unspecified atom stereocenters. The number of quaternary nitrogens is 1. The number of hydrogen-bond acceptors (Lipinski definition) is 5. The third-order valence-corrected chi connectivity index (χ3v) is 6.00. The largest absolute Gasteiger partial charge is 0.331 e. The Morgan fingerprint density at radius 3 is 2.28 bits per heavy atom. The highest BCUT2D eigenvalue weighted by Gasteiger charge is 2.25. The zero-order valence-electron chi connectivity index (χ0n) is 18.5. The summed E-state index contributed by atoms with van der Waals surface area (Å²) in [5.74, 6) is 0.323. The monoisotopic (exact) mass is 453 g/mol. The van der Waals surface area contributed by atoms with Crippen LogP contribution in [0.5, 0.6) is 0 Å². The van der Waals surface area contributed by atoms with Gasteiger partial charge in [-0.15, -0.1) is 10.2 Å². The predicted octanol–water partition coefficient (Wildman–Crippen LogP) is 1.48. The highest BCUT2D eigenvalue weighted by molar-refractivity contribution is 7.99. The zero-order chi connectivity index (χ0) is 22.9. The van der Waals surface area contributed by atoms with Crippen molar-refractivity contribution in [2.75, 3.05) is 19.8 Å². The van der Waals surface area contributed by atoms with Gasteiger partial charge in [-0.25, -0.2) is 0 Å². The fourth-order valence-electron chi connectivity index (χ4n) is 3.38. The van der Waals surface area contributed by atoms with Crippen LogP contribution in [0.2, 0.25) is 0 Å². The van der Waals surface area contributed by atoms with E-state index in [0.29, 0.717) is 17.3 Å². The molecular weight excluding hydrogens is 424 g/mol. The summed E-state index contributed by atoms with van der Waals surface area (Å²) in [6, 6.07) is 19.0. The summed E-state index contributed by atoms with van der Waals surface area (Å²) in [6.07, 6.45) is 0.923. The van der Waals surface area contributed by atoms with Crippen molar-refractivity contribution in [3.05, 3.63) is 77.6 Å². The van der Waals surface area contributed by atoms with Crippen LogP contribution in [0.15, 0.2) is 65.8 Å². The van der Waals surface area contributed by atoms with Gasteiger partial charge in [0.1, 0.15) is 6.04 Å². The van der Waals surface area contributed by atoms with Gasteiger partial charge >= 0.3 is 0 Å². The molecule has 0 saturated heterocycles. The summed E-state index contributed by atoms with van der Waals surface area (Å²) < 4.78 is 2.08. The lowest BCUT2D eigenvalue weighted by Gasteiger charge is -2.20. The standard InChI is InChI=1S/C23H28N6O2S/c1-4-19(28(2)3)21-25-27-23(29(21)15-17-11-7-5-8-12-17)32-16-20(30)24-26-22(31)18-13-9-6-10-14-18/h5-14,19H,4,15-16H2,1-3H3,(H,24,30)(H,26,31)/p+1/t19-/m1/s1. The molecule has 9 heteroatoms. The van der Waals surface area contributed by atoms with E-state index in [9.17, 15) is 9.59 Å². The number of amides is 2. The van der Waals surface area contributed by atoms with Crippen LogP contribution in [-0.2, 0) is 11.3 Å². The maximum absolute atomic E-state index is 12.3. The molecule has 0 radical (unpaired) electrons. The minimum atomic E-state index is -0.363. The van der Waals surface area contributed by atoms with E-state index in [1.54, 1.807) is 24.3 Å². The van der Waals surface area contributed by atoms with E-state index >= 15 is 0 Å². The van der Waals surface area contributed by atoms with Crippen LogP contribution in [-0.4, -0.2) is 46.4 Å². The van der Waals surface area contributed by atoms with E-state index < -0.39 is 0 Å². The summed E-state index contributed by atoms with van der Waals surface area (Å²) in [6.45, 7) is 2.76. The second-order valence-electron chi connectivity index (χ2n) is 7.61. The molecule has 32 heavy (non-hydrogen) atoms. The van der Waals surface area contributed by atoms with Crippen molar-refractivity contribution in [1.29, 1.82) is 0 Å². The lowest BCUT2D eigenvalue weighted by molar-refractivity contribution is -0.893. The summed E-state index contributed by atoms with van der Waals surface area (Å²) in [5.41, 5.74) is 6.51. The smallest absolute Gasteiger partial charge is 0.269 e. The van der Waals surface area contributed by atoms with Crippen LogP contribution in [0.3, 0.4) is 0 Å². The van der Waals surface area contributed by atoms with Crippen molar-refractivity contribution in [3.63, 3.8) is 0 Å². The first kappa shape index (κ1) is 23.5. The van der Waals surface area contributed by atoms with E-state index in [-0.39, 0.29) is 23.6 Å². The molecule has 0 bridgehead atoms. The van der Waals surface area contributed by atoms with Crippen LogP contribution in [0.1, 0.15) is 41.1 Å². The number of nitrogens with zero attached hydrogens (tertiary/aromatic N) is 3. The molecule has 8 nitrogen and oxygen atoms in total. The topological polar surface area (TPSA) is 93.3 Å². The summed E-state index contributed by atoms with van der Waals surface area (Å²) >= 11 is 1.30. The van der Waals surface area contributed by atoms with Crippen molar-refractivity contribution in [1.82, 2.24) is 25.6 Å². The molecule has 1 aromatic heterocycles. The van der Waals surface area contributed by atoms with Gasteiger partial charge in [0.25, 0.3) is 5.91 Å². The number of carbonyl (C=O) groups excluding carboxylic acids is 2. The van der Waals surface area contributed by atoms with Crippen LogP contribution >= 0.6 is 11.8 Å². The van der Waals surface area contributed by atoms with Crippen LogP contribution in [0, 0.1) is 0 Å². The molecule has 168 valence electrons. The van der Waals surface area contributed by atoms with Crippen molar-refractivity contribution in [3.8, 4) is 0 Å². The average Bonchev–Trinajstić information content (AvgIpc) is 3.19. The van der Waals surface area contributed by atoms with Crippen molar-refractivity contribution < 1.29 is 14.5 Å². The molecule has 2 aromatic carbocycles. The lowest BCUT2D eigenvalue weighted by atomic mass is 10.2. The number of nitrogens with one attached hydrogen (secondary N) is 3. The highest BCUT2D eigenvalue weighted by atomic mass is 32.2. The summed E-state index contributed by atoms with van der Waals surface area (Å²) in [5, 5.41) is 9.51. The summed E-state index contributed by atoms with van der Waals surface area (Å²) in [4.78, 5) is 25.7. The molecule has 0 aliphatic carbocycles. The maximum Gasteiger partial charge on any atom is 0.269 e. The maximum atomic E-state index is 12.3. The Hall–Kier alpha value is -3.17. The van der Waals surface area contributed by atoms with E-state index in [4.69, 9.17) is 0 Å². The second-order valence-corrected chi connectivity index (χ2v) is 8.55. The Labute approximate surface area is 192 Å². The van der Waals surface area contributed by atoms with Gasteiger partial charge in [0, 0.05) is 12.0 Å². The minimum Gasteiger partial charge on any atom is -0.331 e. The van der Waals surface area contributed by atoms with Gasteiger partial charge in [0.05, 0.1) is 26.4 Å². The molecule has 1 heterocycles. The zero-order valence-corrected chi connectivity index (χ0v) is 19.4. The number of hydrogen-bond donors (Lipinski definition) is 3. The van der Waals surface area contributed by atoms with Crippen molar-refractivity contribution in [2.45, 2.75) is 31.1 Å². The van der Waals surface area contributed by atoms with Gasteiger partial charge in [0.15, 0.2) is 11.0 Å². The fraction of sp³-hybridized carbons (Fsp3) is 0.304. The first-order valence-electron chi connectivity index (χ1n) is 10.5. The Morgan fingerprint density at radius 1 is 1.00 bits per heavy atom. The van der Waals surface area contributed by atoms with Gasteiger partial charge in [-0.3, -0.25) is 25.0 Å². The van der Waals surface area contributed by atoms with E-state index in [1.165, 1.54) is 16.7 Å². The van der Waals surface area contributed by atoms with Gasteiger partial charge in [-0.2, -0.15) is 0 Å². The molecule has 0 aliphatic heterocycles. The SMILES string of the molecule is CC[C@H](c1nnc(SCC(=O)NNC(=O)c2ccccc2)n1Cc1ccccc1)[NH+](C)C. The molecule has 1 atom stereocenters. The quantitative estimate of drug-likeness (QED) is 0.337. The van der Waals surface area contributed by atoms with Crippen molar-refractivity contribution in [2.24, 2.45) is 0 Å². The second kappa shape index (κ2) is 11.4. The van der Waals surface area contributed by atoms with Gasteiger partial charge in [-0.1, -0.05) is 67.2 Å². The Balaban J connectivity index is 1.67. The first-order valence-corrected chi connectivity index (χ1v) is 11.5. The van der Waals surface area contributed by atoms with Crippen molar-refractivity contribution >= 4 is 23.6 Å². The van der Waals surface area contributed by atoms with Crippen LogP contribution in [0.25, 0.3) is 0 Å². The van der Waals surface area contributed by atoms with E-state index in [1.807, 2.05) is 24.3 Å². The number of carbonyl (C=O) groups is 2. The van der Waals surface area contributed by atoms with Gasteiger partial charge < -0.3 is 4.90 Å². The fourth-order valence-corrected chi connectivity index (χ4v) is 4.13. The summed E-state index contributed by atoms with van der Waals surface area (Å²) in [7, 11) is 4.21. The van der Waals surface area contributed by atoms with Crippen LogP contribution in [0.4, 0.5) is 0 Å². The number of rotatable bonds is 9. The molecule has 3 aromatic rings. The normalized spacial score (nSPS) is 11.9. The third kappa shape index (κ3) is 6.18. The number of hydrazine groups is 1. The average molecular weight is 454 g/mol. The number of thioether (sulfide) groups is 1. The lowest BCUT2D eigenvalue weighted by Crippen LogP contribution is -3.06.